The SMILES string of the molecule is CCC(C)NCC(C)Oc1ccc(F)c(C(F)(F)F)c1. The third-order valence-corrected chi connectivity index (χ3v) is 2.95. The van der Waals surface area contributed by atoms with Crippen LogP contribution in [-0.2, 0) is 6.18 Å². The van der Waals surface area contributed by atoms with Crippen molar-refractivity contribution < 1.29 is 22.3 Å². The Morgan fingerprint density at radius 3 is 2.45 bits per heavy atom. The van der Waals surface area contributed by atoms with Gasteiger partial charge >= 0.3 is 6.18 Å². The molecule has 2 nitrogen and oxygen atoms in total. The highest BCUT2D eigenvalue weighted by Gasteiger charge is 2.34. The minimum Gasteiger partial charge on any atom is -0.489 e. The number of benzene rings is 1. The van der Waals surface area contributed by atoms with E-state index in [9.17, 15) is 17.6 Å². The Balaban J connectivity index is 2.69. The second-order valence-corrected chi connectivity index (χ2v) is 4.79. The Bertz CT molecular complexity index is 434. The highest BCUT2D eigenvalue weighted by molar-refractivity contribution is 5.31. The lowest BCUT2D eigenvalue weighted by Crippen LogP contribution is -2.34. The van der Waals surface area contributed by atoms with Crippen molar-refractivity contribution in [2.45, 2.75) is 45.5 Å². The third-order valence-electron chi connectivity index (χ3n) is 2.95. The minimum atomic E-state index is -4.72. The van der Waals surface area contributed by atoms with Gasteiger partial charge in [0.1, 0.15) is 17.7 Å². The topological polar surface area (TPSA) is 21.3 Å². The largest absolute Gasteiger partial charge is 0.489 e. The van der Waals surface area contributed by atoms with E-state index in [1.807, 2.05) is 13.8 Å². The van der Waals surface area contributed by atoms with Crippen molar-refractivity contribution in [3.63, 3.8) is 0 Å². The lowest BCUT2D eigenvalue weighted by Gasteiger charge is -2.19. The third kappa shape index (κ3) is 5.00. The van der Waals surface area contributed by atoms with Crippen LogP contribution < -0.4 is 10.1 Å². The van der Waals surface area contributed by atoms with E-state index in [1.165, 1.54) is 6.07 Å². The second-order valence-electron chi connectivity index (χ2n) is 4.79. The normalized spacial score (nSPS) is 14.9. The van der Waals surface area contributed by atoms with Crippen LogP contribution in [0.4, 0.5) is 17.6 Å². The van der Waals surface area contributed by atoms with Crippen LogP contribution in [0.1, 0.15) is 32.8 Å². The molecule has 0 saturated heterocycles. The summed E-state index contributed by atoms with van der Waals surface area (Å²) in [4.78, 5) is 0. The van der Waals surface area contributed by atoms with Gasteiger partial charge in [-0.2, -0.15) is 13.2 Å². The van der Waals surface area contributed by atoms with E-state index in [4.69, 9.17) is 4.74 Å². The highest BCUT2D eigenvalue weighted by Crippen LogP contribution is 2.33. The van der Waals surface area contributed by atoms with E-state index in [1.54, 1.807) is 6.92 Å². The number of nitrogens with one attached hydrogen (secondary N) is 1. The standard InChI is InChI=1S/C14H19F4NO/c1-4-9(2)19-8-10(3)20-11-5-6-13(15)12(7-11)14(16,17)18/h5-7,9-10,19H,4,8H2,1-3H3. The van der Waals surface area contributed by atoms with Crippen molar-refractivity contribution in [2.75, 3.05) is 6.54 Å². The Morgan fingerprint density at radius 2 is 1.90 bits per heavy atom. The molecule has 0 aromatic heterocycles. The molecule has 0 aliphatic carbocycles. The van der Waals surface area contributed by atoms with Crippen LogP contribution in [0.15, 0.2) is 18.2 Å². The Morgan fingerprint density at radius 1 is 1.25 bits per heavy atom. The van der Waals surface area contributed by atoms with E-state index < -0.39 is 17.6 Å². The average Bonchev–Trinajstić information content (AvgIpc) is 2.37. The number of hydrogen-bond donors (Lipinski definition) is 1. The summed E-state index contributed by atoms with van der Waals surface area (Å²) >= 11 is 0. The van der Waals surface area contributed by atoms with Gasteiger partial charge in [0.25, 0.3) is 0 Å². The summed E-state index contributed by atoms with van der Waals surface area (Å²) in [6, 6.07) is 2.96. The number of hydrogen-bond acceptors (Lipinski definition) is 2. The van der Waals surface area contributed by atoms with Crippen LogP contribution in [-0.4, -0.2) is 18.7 Å². The van der Waals surface area contributed by atoms with Crippen molar-refractivity contribution in [2.24, 2.45) is 0 Å². The Kier molecular flexibility index (Phi) is 5.80. The molecule has 0 radical (unpaired) electrons. The van der Waals surface area contributed by atoms with Gasteiger partial charge in [0.15, 0.2) is 0 Å². The smallest absolute Gasteiger partial charge is 0.419 e. The molecule has 1 N–H and O–H groups in total. The van der Waals surface area contributed by atoms with Crippen LogP contribution in [0.2, 0.25) is 0 Å². The van der Waals surface area contributed by atoms with E-state index in [2.05, 4.69) is 5.32 Å². The lowest BCUT2D eigenvalue weighted by atomic mass is 10.2. The van der Waals surface area contributed by atoms with Crippen molar-refractivity contribution in [1.82, 2.24) is 5.32 Å². The summed E-state index contributed by atoms with van der Waals surface area (Å²) < 4.78 is 56.2. The van der Waals surface area contributed by atoms with Crippen LogP contribution >= 0.6 is 0 Å². The Hall–Kier alpha value is -1.30. The van der Waals surface area contributed by atoms with Crippen LogP contribution in [0.25, 0.3) is 0 Å². The first-order chi connectivity index (χ1) is 9.24. The van der Waals surface area contributed by atoms with Gasteiger partial charge in [-0.15, -0.1) is 0 Å². The molecule has 0 saturated carbocycles. The highest BCUT2D eigenvalue weighted by atomic mass is 19.4. The molecule has 0 aliphatic heterocycles. The molecule has 2 atom stereocenters. The first-order valence-corrected chi connectivity index (χ1v) is 6.50. The minimum absolute atomic E-state index is 0.0113. The molecule has 0 amide bonds. The van der Waals surface area contributed by atoms with Gasteiger partial charge < -0.3 is 10.1 Å². The van der Waals surface area contributed by atoms with Gasteiger partial charge in [-0.25, -0.2) is 4.39 Å². The average molecular weight is 293 g/mol. The van der Waals surface area contributed by atoms with Crippen molar-refractivity contribution in [3.8, 4) is 5.75 Å². The summed E-state index contributed by atoms with van der Waals surface area (Å²) in [6.45, 7) is 6.28. The molecule has 2 unspecified atom stereocenters. The molecule has 1 rings (SSSR count). The van der Waals surface area contributed by atoms with Gasteiger partial charge in [0.05, 0.1) is 5.56 Å². The zero-order valence-electron chi connectivity index (χ0n) is 11.7. The maximum Gasteiger partial charge on any atom is 0.419 e. The van der Waals surface area contributed by atoms with Gasteiger partial charge in [-0.05, 0) is 38.5 Å². The molecule has 6 heteroatoms. The first-order valence-electron chi connectivity index (χ1n) is 6.50. The second kappa shape index (κ2) is 6.92. The number of rotatable bonds is 6. The molecular formula is C14H19F4NO. The fourth-order valence-electron chi connectivity index (χ4n) is 1.58. The van der Waals surface area contributed by atoms with Gasteiger partial charge in [-0.1, -0.05) is 6.92 Å². The summed E-state index contributed by atoms with van der Waals surface area (Å²) in [5.41, 5.74) is -1.31. The van der Waals surface area contributed by atoms with Crippen LogP contribution in [0.5, 0.6) is 5.75 Å². The van der Waals surface area contributed by atoms with Crippen molar-refractivity contribution in [1.29, 1.82) is 0 Å². The molecular weight excluding hydrogens is 274 g/mol. The fraction of sp³-hybridized carbons (Fsp3) is 0.571. The number of halogens is 4. The van der Waals surface area contributed by atoms with E-state index in [0.29, 0.717) is 18.7 Å². The summed E-state index contributed by atoms with van der Waals surface area (Å²) in [5, 5.41) is 3.19. The summed E-state index contributed by atoms with van der Waals surface area (Å²) in [5.74, 6) is -1.28. The van der Waals surface area contributed by atoms with E-state index >= 15 is 0 Å². The number of alkyl halides is 3. The summed E-state index contributed by atoms with van der Waals surface area (Å²) in [6.07, 6.45) is -4.08. The fourth-order valence-corrected chi connectivity index (χ4v) is 1.58. The van der Waals surface area contributed by atoms with Crippen molar-refractivity contribution in [3.05, 3.63) is 29.6 Å². The Labute approximate surface area is 116 Å². The van der Waals surface area contributed by atoms with Crippen LogP contribution in [0.3, 0.4) is 0 Å². The maximum atomic E-state index is 13.1. The molecule has 1 aromatic rings. The molecule has 0 aliphatic rings. The molecule has 20 heavy (non-hydrogen) atoms. The number of ether oxygens (including phenoxy) is 1. The van der Waals surface area contributed by atoms with E-state index in [-0.39, 0.29) is 11.9 Å². The lowest BCUT2D eigenvalue weighted by molar-refractivity contribution is -0.140. The monoisotopic (exact) mass is 293 g/mol. The molecule has 0 bridgehead atoms. The van der Waals surface area contributed by atoms with Crippen LogP contribution in [0, 0.1) is 5.82 Å². The zero-order chi connectivity index (χ0) is 15.3. The van der Waals surface area contributed by atoms with Gasteiger partial charge in [0.2, 0.25) is 0 Å². The van der Waals surface area contributed by atoms with E-state index in [0.717, 1.165) is 12.5 Å². The molecule has 114 valence electrons. The predicted molar refractivity (Wildman–Crippen MR) is 69.2 cm³/mol. The molecule has 0 spiro atoms. The van der Waals surface area contributed by atoms with Crippen molar-refractivity contribution >= 4 is 0 Å². The first kappa shape index (κ1) is 16.8. The predicted octanol–water partition coefficient (Wildman–Crippen LogP) is 4.00. The quantitative estimate of drug-likeness (QED) is 0.800. The molecule has 1 aromatic carbocycles. The van der Waals surface area contributed by atoms with Gasteiger partial charge in [0, 0.05) is 12.6 Å². The molecule has 0 heterocycles. The maximum absolute atomic E-state index is 13.1. The zero-order valence-corrected chi connectivity index (χ0v) is 11.7. The summed E-state index contributed by atoms with van der Waals surface area (Å²) in [7, 11) is 0. The molecule has 0 fully saturated rings. The van der Waals surface area contributed by atoms with Gasteiger partial charge in [-0.3, -0.25) is 0 Å².